The molecule has 0 saturated carbocycles. The lowest BCUT2D eigenvalue weighted by molar-refractivity contribution is 0.396. The Labute approximate surface area is 114 Å². The number of ether oxygens (including phenoxy) is 1. The summed E-state index contributed by atoms with van der Waals surface area (Å²) in [6.45, 7) is 0.623. The molecule has 1 unspecified atom stereocenters. The third-order valence-corrected chi connectivity index (χ3v) is 3.49. The Hall–Kier alpha value is -1.95. The van der Waals surface area contributed by atoms with E-state index in [9.17, 15) is 4.21 Å². The third-order valence-electron chi connectivity index (χ3n) is 2.55. The third kappa shape index (κ3) is 3.75. The van der Waals surface area contributed by atoms with E-state index in [-0.39, 0.29) is 0 Å². The SMILES string of the molecule is COc1cncc(NCc2ccc(S(C)=O)cc2)n1. The van der Waals surface area contributed by atoms with Gasteiger partial charge in [0.15, 0.2) is 0 Å². The second-order valence-electron chi connectivity index (χ2n) is 3.90. The molecule has 1 atom stereocenters. The molecule has 19 heavy (non-hydrogen) atoms. The highest BCUT2D eigenvalue weighted by atomic mass is 32.2. The molecule has 1 N–H and O–H groups in total. The van der Waals surface area contributed by atoms with Gasteiger partial charge in [0.05, 0.1) is 19.5 Å². The summed E-state index contributed by atoms with van der Waals surface area (Å²) in [5.41, 5.74) is 1.08. The summed E-state index contributed by atoms with van der Waals surface area (Å²) >= 11 is 0. The van der Waals surface area contributed by atoms with E-state index in [1.165, 1.54) is 0 Å². The average molecular weight is 277 g/mol. The van der Waals surface area contributed by atoms with Crippen LogP contribution >= 0.6 is 0 Å². The first-order chi connectivity index (χ1) is 9.19. The molecule has 6 heteroatoms. The summed E-state index contributed by atoms with van der Waals surface area (Å²) < 4.78 is 16.3. The fourth-order valence-corrected chi connectivity index (χ4v) is 2.04. The predicted octanol–water partition coefficient (Wildman–Crippen LogP) is 1.83. The molecule has 1 aromatic carbocycles. The van der Waals surface area contributed by atoms with Crippen LogP contribution in [-0.2, 0) is 17.3 Å². The standard InChI is InChI=1S/C13H15N3O2S/c1-18-13-9-14-8-12(16-13)15-7-10-3-5-11(6-4-10)19(2)17/h3-6,8-9H,7H2,1-2H3,(H,15,16). The van der Waals surface area contributed by atoms with Crippen LogP contribution in [0.25, 0.3) is 0 Å². The Balaban J connectivity index is 1.99. The van der Waals surface area contributed by atoms with Crippen LogP contribution in [0.1, 0.15) is 5.56 Å². The summed E-state index contributed by atoms with van der Waals surface area (Å²) in [7, 11) is 0.612. The summed E-state index contributed by atoms with van der Waals surface area (Å²) in [5.74, 6) is 1.13. The molecule has 1 aromatic heterocycles. The fourth-order valence-electron chi connectivity index (χ4n) is 1.52. The molecule has 0 aliphatic carbocycles. The summed E-state index contributed by atoms with van der Waals surface area (Å²) in [5, 5.41) is 3.15. The normalized spacial score (nSPS) is 11.9. The van der Waals surface area contributed by atoms with E-state index in [4.69, 9.17) is 4.74 Å². The zero-order valence-electron chi connectivity index (χ0n) is 10.8. The Morgan fingerprint density at radius 1 is 1.26 bits per heavy atom. The molecule has 0 radical (unpaired) electrons. The molecule has 0 amide bonds. The lowest BCUT2D eigenvalue weighted by Gasteiger charge is -2.07. The van der Waals surface area contributed by atoms with Gasteiger partial charge in [-0.15, -0.1) is 0 Å². The Bertz CT molecular complexity index is 572. The average Bonchev–Trinajstić information content (AvgIpc) is 2.46. The number of anilines is 1. The van der Waals surface area contributed by atoms with Gasteiger partial charge in [0, 0.05) is 28.5 Å². The Morgan fingerprint density at radius 3 is 2.63 bits per heavy atom. The number of aromatic nitrogens is 2. The first-order valence-corrected chi connectivity index (χ1v) is 7.27. The van der Waals surface area contributed by atoms with E-state index in [0.717, 1.165) is 10.5 Å². The van der Waals surface area contributed by atoms with Crippen LogP contribution < -0.4 is 10.1 Å². The quantitative estimate of drug-likeness (QED) is 0.903. The van der Waals surface area contributed by atoms with Gasteiger partial charge in [-0.1, -0.05) is 12.1 Å². The Kier molecular flexibility index (Phi) is 4.46. The molecular formula is C13H15N3O2S. The van der Waals surface area contributed by atoms with Gasteiger partial charge in [-0.2, -0.15) is 4.98 Å². The largest absolute Gasteiger partial charge is 0.480 e. The molecule has 0 fully saturated rings. The molecule has 0 saturated heterocycles. The van der Waals surface area contributed by atoms with Gasteiger partial charge in [-0.3, -0.25) is 9.19 Å². The summed E-state index contributed by atoms with van der Waals surface area (Å²) in [6, 6.07) is 7.61. The van der Waals surface area contributed by atoms with Crippen molar-refractivity contribution in [2.45, 2.75) is 11.4 Å². The molecule has 0 aliphatic rings. The smallest absolute Gasteiger partial charge is 0.233 e. The minimum Gasteiger partial charge on any atom is -0.480 e. The van der Waals surface area contributed by atoms with Gasteiger partial charge in [-0.05, 0) is 17.7 Å². The molecule has 0 bridgehead atoms. The lowest BCUT2D eigenvalue weighted by Crippen LogP contribution is -2.03. The summed E-state index contributed by atoms with van der Waals surface area (Å²) in [4.78, 5) is 9.05. The van der Waals surface area contributed by atoms with E-state index >= 15 is 0 Å². The number of hydrogen-bond acceptors (Lipinski definition) is 5. The maximum absolute atomic E-state index is 11.3. The molecule has 2 aromatic rings. The van der Waals surface area contributed by atoms with Gasteiger partial charge in [0.2, 0.25) is 5.88 Å². The van der Waals surface area contributed by atoms with Crippen molar-refractivity contribution in [3.05, 3.63) is 42.2 Å². The van der Waals surface area contributed by atoms with E-state index in [0.29, 0.717) is 18.2 Å². The van der Waals surface area contributed by atoms with E-state index in [2.05, 4.69) is 15.3 Å². The predicted molar refractivity (Wildman–Crippen MR) is 74.7 cm³/mol. The van der Waals surface area contributed by atoms with Gasteiger partial charge in [0.25, 0.3) is 0 Å². The molecule has 2 rings (SSSR count). The van der Waals surface area contributed by atoms with Crippen LogP contribution in [0, 0.1) is 0 Å². The number of nitrogens with one attached hydrogen (secondary N) is 1. The Morgan fingerprint density at radius 2 is 2.00 bits per heavy atom. The van der Waals surface area contributed by atoms with Crippen molar-refractivity contribution in [3.8, 4) is 5.88 Å². The van der Waals surface area contributed by atoms with Crippen molar-refractivity contribution in [3.63, 3.8) is 0 Å². The fraction of sp³-hybridized carbons (Fsp3) is 0.231. The summed E-state index contributed by atoms with van der Waals surface area (Å²) in [6.07, 6.45) is 4.85. The number of hydrogen-bond donors (Lipinski definition) is 1. The lowest BCUT2D eigenvalue weighted by atomic mass is 10.2. The van der Waals surface area contributed by atoms with Crippen LogP contribution in [-0.4, -0.2) is 27.5 Å². The van der Waals surface area contributed by atoms with Gasteiger partial charge in [0.1, 0.15) is 5.82 Å². The molecule has 100 valence electrons. The highest BCUT2D eigenvalue weighted by molar-refractivity contribution is 7.84. The van der Waals surface area contributed by atoms with Crippen molar-refractivity contribution in [1.29, 1.82) is 0 Å². The van der Waals surface area contributed by atoms with Crippen molar-refractivity contribution < 1.29 is 8.95 Å². The first-order valence-electron chi connectivity index (χ1n) is 5.71. The van der Waals surface area contributed by atoms with Crippen LogP contribution in [0.5, 0.6) is 5.88 Å². The minimum absolute atomic E-state index is 0.474. The molecular weight excluding hydrogens is 262 g/mol. The van der Waals surface area contributed by atoms with Crippen LogP contribution in [0.2, 0.25) is 0 Å². The van der Waals surface area contributed by atoms with Crippen LogP contribution in [0.3, 0.4) is 0 Å². The highest BCUT2D eigenvalue weighted by Crippen LogP contribution is 2.11. The van der Waals surface area contributed by atoms with Gasteiger partial charge < -0.3 is 10.1 Å². The molecule has 0 spiro atoms. The van der Waals surface area contributed by atoms with Gasteiger partial charge in [-0.25, -0.2) is 0 Å². The topological polar surface area (TPSA) is 64.1 Å². The second kappa shape index (κ2) is 6.29. The zero-order valence-corrected chi connectivity index (χ0v) is 11.6. The molecule has 0 aliphatic heterocycles. The van der Waals surface area contributed by atoms with Crippen LogP contribution in [0.15, 0.2) is 41.6 Å². The molecule has 1 heterocycles. The van der Waals surface area contributed by atoms with Crippen molar-refractivity contribution in [1.82, 2.24) is 9.97 Å². The van der Waals surface area contributed by atoms with Crippen molar-refractivity contribution in [2.24, 2.45) is 0 Å². The van der Waals surface area contributed by atoms with E-state index in [1.54, 1.807) is 25.8 Å². The molecule has 5 nitrogen and oxygen atoms in total. The van der Waals surface area contributed by atoms with E-state index in [1.807, 2.05) is 24.3 Å². The second-order valence-corrected chi connectivity index (χ2v) is 5.28. The monoisotopic (exact) mass is 277 g/mol. The number of nitrogens with zero attached hydrogens (tertiary/aromatic N) is 2. The van der Waals surface area contributed by atoms with Crippen molar-refractivity contribution in [2.75, 3.05) is 18.7 Å². The van der Waals surface area contributed by atoms with Crippen molar-refractivity contribution >= 4 is 16.6 Å². The maximum atomic E-state index is 11.3. The first kappa shape index (κ1) is 13.5. The zero-order chi connectivity index (χ0) is 13.7. The number of benzene rings is 1. The van der Waals surface area contributed by atoms with Crippen LogP contribution in [0.4, 0.5) is 5.82 Å². The number of methoxy groups -OCH3 is 1. The van der Waals surface area contributed by atoms with Gasteiger partial charge >= 0.3 is 0 Å². The maximum Gasteiger partial charge on any atom is 0.233 e. The highest BCUT2D eigenvalue weighted by Gasteiger charge is 2.00. The minimum atomic E-state index is -0.941. The number of rotatable bonds is 5. The van der Waals surface area contributed by atoms with E-state index < -0.39 is 10.8 Å².